The fraction of sp³-hybridized carbons (Fsp3) is 0.120. The zero-order valence-corrected chi connectivity index (χ0v) is 16.2. The van der Waals surface area contributed by atoms with E-state index in [2.05, 4.69) is 17.2 Å². The van der Waals surface area contributed by atoms with E-state index in [1.165, 1.54) is 0 Å². The highest BCUT2D eigenvalue weighted by Gasteiger charge is 2.21. The average Bonchev–Trinajstić information content (AvgIpc) is 2.78. The molecule has 3 aromatic carbocycles. The Morgan fingerprint density at radius 1 is 0.800 bits per heavy atom. The van der Waals surface area contributed by atoms with Crippen molar-refractivity contribution in [3.05, 3.63) is 107 Å². The number of benzene rings is 3. The summed E-state index contributed by atoms with van der Waals surface area (Å²) in [6.45, 7) is 0.0376. The number of carbonyl (C=O) groups is 2. The van der Waals surface area contributed by atoms with Crippen molar-refractivity contribution in [1.82, 2.24) is 5.32 Å². The van der Waals surface area contributed by atoms with Gasteiger partial charge in [0.1, 0.15) is 12.6 Å². The third-order valence-electron chi connectivity index (χ3n) is 4.32. The van der Waals surface area contributed by atoms with Crippen molar-refractivity contribution in [3.8, 4) is 11.8 Å². The SMILES string of the molecule is O=C(NC(Cc1ccccc1)C(=O)O)OCc1ccc(C#Cc2ccccc2)cc1. The van der Waals surface area contributed by atoms with Crippen LogP contribution in [0.1, 0.15) is 22.3 Å². The molecule has 5 heteroatoms. The monoisotopic (exact) mass is 399 g/mol. The van der Waals surface area contributed by atoms with E-state index < -0.39 is 18.1 Å². The van der Waals surface area contributed by atoms with Gasteiger partial charge in [-0.3, -0.25) is 0 Å². The number of rotatable bonds is 6. The minimum absolute atomic E-state index is 0.0376. The Morgan fingerprint density at radius 3 is 1.97 bits per heavy atom. The summed E-state index contributed by atoms with van der Waals surface area (Å²) in [4.78, 5) is 23.5. The van der Waals surface area contributed by atoms with Crippen LogP contribution in [-0.2, 0) is 22.6 Å². The molecule has 0 bridgehead atoms. The van der Waals surface area contributed by atoms with Crippen LogP contribution in [0.25, 0.3) is 0 Å². The first kappa shape index (κ1) is 20.7. The number of carboxylic acids is 1. The Morgan fingerprint density at radius 2 is 1.37 bits per heavy atom. The van der Waals surface area contributed by atoms with Crippen LogP contribution in [0, 0.1) is 11.8 Å². The van der Waals surface area contributed by atoms with Crippen molar-refractivity contribution in [2.24, 2.45) is 0 Å². The van der Waals surface area contributed by atoms with Crippen molar-refractivity contribution in [1.29, 1.82) is 0 Å². The van der Waals surface area contributed by atoms with Gasteiger partial charge < -0.3 is 15.2 Å². The fourth-order valence-electron chi connectivity index (χ4n) is 2.73. The number of nitrogens with one attached hydrogen (secondary N) is 1. The summed E-state index contributed by atoms with van der Waals surface area (Å²) in [5.41, 5.74) is 3.38. The molecular weight excluding hydrogens is 378 g/mol. The molecule has 0 fully saturated rings. The molecule has 0 aliphatic rings. The summed E-state index contributed by atoms with van der Waals surface area (Å²) in [7, 11) is 0. The Balaban J connectivity index is 1.51. The number of carbonyl (C=O) groups excluding carboxylic acids is 1. The van der Waals surface area contributed by atoms with Gasteiger partial charge in [0, 0.05) is 17.5 Å². The molecule has 3 rings (SSSR count). The summed E-state index contributed by atoms with van der Waals surface area (Å²) in [6, 6.07) is 25.1. The van der Waals surface area contributed by atoms with Gasteiger partial charge in [0.25, 0.3) is 0 Å². The fourth-order valence-corrected chi connectivity index (χ4v) is 2.73. The largest absolute Gasteiger partial charge is 0.480 e. The maximum Gasteiger partial charge on any atom is 0.408 e. The third-order valence-corrected chi connectivity index (χ3v) is 4.32. The molecule has 0 radical (unpaired) electrons. The van der Waals surface area contributed by atoms with Crippen molar-refractivity contribution >= 4 is 12.1 Å². The molecule has 0 heterocycles. The van der Waals surface area contributed by atoms with Crippen LogP contribution in [0.5, 0.6) is 0 Å². The van der Waals surface area contributed by atoms with Gasteiger partial charge in [-0.1, -0.05) is 72.5 Å². The van der Waals surface area contributed by atoms with Crippen molar-refractivity contribution in [3.63, 3.8) is 0 Å². The van der Waals surface area contributed by atoms with Crippen LogP contribution >= 0.6 is 0 Å². The number of alkyl carbamates (subject to hydrolysis) is 1. The van der Waals surface area contributed by atoms with Gasteiger partial charge in [-0.05, 0) is 35.4 Å². The molecule has 1 amide bonds. The van der Waals surface area contributed by atoms with E-state index in [9.17, 15) is 14.7 Å². The highest BCUT2D eigenvalue weighted by atomic mass is 16.5. The Kier molecular flexibility index (Phi) is 7.23. The molecule has 1 unspecified atom stereocenters. The molecule has 0 saturated heterocycles. The lowest BCUT2D eigenvalue weighted by Gasteiger charge is -2.14. The Bertz CT molecular complexity index is 1040. The van der Waals surface area contributed by atoms with Gasteiger partial charge in [0.15, 0.2) is 0 Å². The van der Waals surface area contributed by atoms with Crippen LogP contribution in [0.2, 0.25) is 0 Å². The Hall–Kier alpha value is -4.04. The van der Waals surface area contributed by atoms with Gasteiger partial charge in [0.2, 0.25) is 0 Å². The molecule has 150 valence electrons. The number of carboxylic acid groups (broad SMARTS) is 1. The van der Waals surface area contributed by atoms with E-state index in [1.54, 1.807) is 0 Å². The lowest BCUT2D eigenvalue weighted by molar-refractivity contribution is -0.139. The number of ether oxygens (including phenoxy) is 1. The quantitative estimate of drug-likeness (QED) is 0.614. The number of aliphatic carboxylic acids is 1. The van der Waals surface area contributed by atoms with Gasteiger partial charge in [0.05, 0.1) is 0 Å². The molecule has 1 atom stereocenters. The number of hydrogen-bond donors (Lipinski definition) is 2. The minimum atomic E-state index is -1.11. The molecule has 5 nitrogen and oxygen atoms in total. The molecule has 0 spiro atoms. The normalized spacial score (nSPS) is 10.9. The Labute approximate surface area is 175 Å². The molecule has 0 aromatic heterocycles. The van der Waals surface area contributed by atoms with Crippen LogP contribution in [0.15, 0.2) is 84.9 Å². The second kappa shape index (κ2) is 10.5. The van der Waals surface area contributed by atoms with Crippen LogP contribution in [0.3, 0.4) is 0 Å². The molecule has 30 heavy (non-hydrogen) atoms. The first-order chi connectivity index (χ1) is 14.6. The van der Waals surface area contributed by atoms with Crippen molar-refractivity contribution in [2.75, 3.05) is 0 Å². The summed E-state index contributed by atoms with van der Waals surface area (Å²) in [5, 5.41) is 11.8. The lowest BCUT2D eigenvalue weighted by Crippen LogP contribution is -2.42. The second-order valence-corrected chi connectivity index (χ2v) is 6.61. The van der Waals surface area contributed by atoms with Gasteiger partial charge in [-0.2, -0.15) is 0 Å². The van der Waals surface area contributed by atoms with Crippen LogP contribution in [-0.4, -0.2) is 23.2 Å². The van der Waals surface area contributed by atoms with Gasteiger partial charge in [-0.25, -0.2) is 9.59 Å². The van der Waals surface area contributed by atoms with E-state index in [4.69, 9.17) is 4.74 Å². The molecular formula is C25H21NO4. The zero-order valence-electron chi connectivity index (χ0n) is 16.2. The van der Waals surface area contributed by atoms with E-state index in [0.29, 0.717) is 0 Å². The maximum atomic E-state index is 12.0. The summed E-state index contributed by atoms with van der Waals surface area (Å²) < 4.78 is 5.17. The molecule has 0 saturated carbocycles. The van der Waals surface area contributed by atoms with E-state index >= 15 is 0 Å². The predicted molar refractivity (Wildman–Crippen MR) is 114 cm³/mol. The van der Waals surface area contributed by atoms with E-state index in [-0.39, 0.29) is 13.0 Å². The summed E-state index contributed by atoms with van der Waals surface area (Å²) in [5.74, 6) is 5.05. The lowest BCUT2D eigenvalue weighted by atomic mass is 10.1. The number of hydrogen-bond acceptors (Lipinski definition) is 3. The summed E-state index contributed by atoms with van der Waals surface area (Å²) in [6.07, 6.45) is -0.591. The van der Waals surface area contributed by atoms with Crippen molar-refractivity contribution in [2.45, 2.75) is 19.1 Å². The van der Waals surface area contributed by atoms with Gasteiger partial charge >= 0.3 is 12.1 Å². The van der Waals surface area contributed by atoms with E-state index in [1.807, 2.05) is 84.9 Å². The molecule has 2 N–H and O–H groups in total. The smallest absolute Gasteiger partial charge is 0.408 e. The second-order valence-electron chi connectivity index (χ2n) is 6.61. The maximum absolute atomic E-state index is 12.0. The standard InChI is InChI=1S/C25H21NO4/c27-24(28)23(17-21-9-5-2-6-10-21)26-25(29)30-18-22-15-13-20(14-16-22)12-11-19-7-3-1-4-8-19/h1-10,13-16,23H,17-18H2,(H,26,29)(H,27,28). The summed E-state index contributed by atoms with van der Waals surface area (Å²) >= 11 is 0. The highest BCUT2D eigenvalue weighted by Crippen LogP contribution is 2.07. The third kappa shape index (κ3) is 6.54. The zero-order chi connectivity index (χ0) is 21.2. The average molecular weight is 399 g/mol. The van der Waals surface area contributed by atoms with Crippen LogP contribution < -0.4 is 5.32 Å². The van der Waals surface area contributed by atoms with Crippen LogP contribution in [0.4, 0.5) is 4.79 Å². The molecule has 0 aliphatic heterocycles. The highest BCUT2D eigenvalue weighted by molar-refractivity contribution is 5.80. The molecule has 3 aromatic rings. The predicted octanol–water partition coefficient (Wildman–Crippen LogP) is 4.01. The first-order valence-electron chi connectivity index (χ1n) is 9.46. The molecule has 0 aliphatic carbocycles. The van der Waals surface area contributed by atoms with Crippen molar-refractivity contribution < 1.29 is 19.4 Å². The minimum Gasteiger partial charge on any atom is -0.480 e. The van der Waals surface area contributed by atoms with Gasteiger partial charge in [-0.15, -0.1) is 0 Å². The van der Waals surface area contributed by atoms with E-state index in [0.717, 1.165) is 22.3 Å². The number of amides is 1. The topological polar surface area (TPSA) is 75.6 Å². The first-order valence-corrected chi connectivity index (χ1v) is 9.46.